The van der Waals surface area contributed by atoms with E-state index in [2.05, 4.69) is 5.32 Å². The van der Waals surface area contributed by atoms with Gasteiger partial charge in [-0.05, 0) is 38.1 Å². The molecule has 0 fully saturated rings. The number of ether oxygens (including phenoxy) is 2. The van der Waals surface area contributed by atoms with Crippen LogP contribution in [-0.2, 0) is 14.3 Å². The Labute approximate surface area is 114 Å². The largest absolute Gasteiger partial charge is 0.399 e. The molecular weight excluding hydrogens is 244 g/mol. The van der Waals surface area contributed by atoms with Crippen LogP contribution in [0.3, 0.4) is 0 Å². The van der Waals surface area contributed by atoms with E-state index in [1.807, 2.05) is 13.8 Å². The summed E-state index contributed by atoms with van der Waals surface area (Å²) >= 11 is 0. The van der Waals surface area contributed by atoms with Gasteiger partial charge in [0.05, 0.1) is 32.3 Å². The highest BCUT2D eigenvalue weighted by molar-refractivity contribution is 5.90. The number of hydrogen-bond donors (Lipinski definition) is 2. The molecule has 19 heavy (non-hydrogen) atoms. The van der Waals surface area contributed by atoms with E-state index in [1.54, 1.807) is 24.3 Å². The molecule has 1 rings (SSSR count). The summed E-state index contributed by atoms with van der Waals surface area (Å²) in [7, 11) is 0. The maximum atomic E-state index is 11.6. The van der Waals surface area contributed by atoms with E-state index in [4.69, 9.17) is 15.2 Å². The lowest BCUT2D eigenvalue weighted by atomic mass is 10.3. The molecule has 0 aliphatic rings. The number of nitrogens with two attached hydrogens (primary N) is 1. The van der Waals surface area contributed by atoms with E-state index in [9.17, 15) is 4.79 Å². The van der Waals surface area contributed by atoms with Gasteiger partial charge in [-0.3, -0.25) is 4.79 Å². The predicted molar refractivity (Wildman–Crippen MR) is 76.0 cm³/mol. The molecule has 0 saturated carbocycles. The van der Waals surface area contributed by atoms with Crippen molar-refractivity contribution in [2.24, 2.45) is 0 Å². The Kier molecular flexibility index (Phi) is 6.92. The summed E-state index contributed by atoms with van der Waals surface area (Å²) in [6, 6.07) is 7.03. The van der Waals surface area contributed by atoms with Crippen LogP contribution in [0.5, 0.6) is 0 Å². The van der Waals surface area contributed by atoms with Gasteiger partial charge in [0.2, 0.25) is 5.91 Å². The number of benzene rings is 1. The van der Waals surface area contributed by atoms with Gasteiger partial charge in [0.15, 0.2) is 0 Å². The van der Waals surface area contributed by atoms with Gasteiger partial charge in [0.1, 0.15) is 0 Å². The molecule has 3 N–H and O–H groups in total. The van der Waals surface area contributed by atoms with Crippen molar-refractivity contribution < 1.29 is 14.3 Å². The molecule has 0 spiro atoms. The Morgan fingerprint density at radius 3 is 2.53 bits per heavy atom. The van der Waals surface area contributed by atoms with Crippen molar-refractivity contribution in [1.82, 2.24) is 0 Å². The topological polar surface area (TPSA) is 73.6 Å². The molecule has 5 nitrogen and oxygen atoms in total. The van der Waals surface area contributed by atoms with Crippen LogP contribution in [0.4, 0.5) is 11.4 Å². The van der Waals surface area contributed by atoms with Crippen LogP contribution in [0.25, 0.3) is 0 Å². The highest BCUT2D eigenvalue weighted by Gasteiger charge is 2.02. The molecule has 1 amide bonds. The molecule has 0 aromatic heterocycles. The van der Waals surface area contributed by atoms with Gasteiger partial charge in [0, 0.05) is 11.4 Å². The Balaban J connectivity index is 2.09. The van der Waals surface area contributed by atoms with Crippen LogP contribution >= 0.6 is 0 Å². The third-order valence-electron chi connectivity index (χ3n) is 2.35. The molecule has 0 saturated heterocycles. The van der Waals surface area contributed by atoms with Gasteiger partial charge >= 0.3 is 0 Å². The first-order valence-corrected chi connectivity index (χ1v) is 6.42. The minimum absolute atomic E-state index is 0.0745. The Morgan fingerprint density at radius 2 is 1.89 bits per heavy atom. The Bertz CT molecular complexity index is 377. The summed E-state index contributed by atoms with van der Waals surface area (Å²) in [6.07, 6.45) is 0.531. The summed E-state index contributed by atoms with van der Waals surface area (Å²) in [6.45, 7) is 5.40. The van der Waals surface area contributed by atoms with Gasteiger partial charge in [-0.25, -0.2) is 0 Å². The molecule has 0 bridgehead atoms. The maximum Gasteiger partial charge on any atom is 0.226 e. The molecule has 1 aromatic carbocycles. The first kappa shape index (κ1) is 15.5. The Morgan fingerprint density at radius 1 is 1.21 bits per heavy atom. The molecule has 0 atom stereocenters. The van der Waals surface area contributed by atoms with E-state index in [0.29, 0.717) is 31.9 Å². The quantitative estimate of drug-likeness (QED) is 0.558. The lowest BCUT2D eigenvalue weighted by Gasteiger charge is -2.08. The minimum Gasteiger partial charge on any atom is -0.399 e. The fourth-order valence-corrected chi connectivity index (χ4v) is 1.40. The van der Waals surface area contributed by atoms with Gasteiger partial charge < -0.3 is 20.5 Å². The van der Waals surface area contributed by atoms with Crippen molar-refractivity contribution in [1.29, 1.82) is 0 Å². The van der Waals surface area contributed by atoms with Crippen molar-refractivity contribution in [3.8, 4) is 0 Å². The van der Waals surface area contributed by atoms with E-state index < -0.39 is 0 Å². The van der Waals surface area contributed by atoms with Crippen molar-refractivity contribution in [3.63, 3.8) is 0 Å². The summed E-state index contributed by atoms with van der Waals surface area (Å²) in [5.41, 5.74) is 6.97. The van der Waals surface area contributed by atoms with Crippen molar-refractivity contribution in [2.75, 3.05) is 30.9 Å². The number of hydrogen-bond acceptors (Lipinski definition) is 4. The number of anilines is 2. The summed E-state index contributed by atoms with van der Waals surface area (Å²) in [5.74, 6) is -0.0745. The third-order valence-corrected chi connectivity index (χ3v) is 2.35. The summed E-state index contributed by atoms with van der Waals surface area (Å²) in [4.78, 5) is 11.6. The number of amides is 1. The average molecular weight is 266 g/mol. The van der Waals surface area contributed by atoms with Gasteiger partial charge in [-0.15, -0.1) is 0 Å². The predicted octanol–water partition coefficient (Wildman–Crippen LogP) is 2.04. The zero-order valence-electron chi connectivity index (χ0n) is 11.5. The fraction of sp³-hybridized carbons (Fsp3) is 0.500. The van der Waals surface area contributed by atoms with Crippen LogP contribution in [0, 0.1) is 0 Å². The fourth-order valence-electron chi connectivity index (χ4n) is 1.40. The van der Waals surface area contributed by atoms with Gasteiger partial charge in [-0.1, -0.05) is 0 Å². The highest BCUT2D eigenvalue weighted by Crippen LogP contribution is 2.10. The SMILES string of the molecule is CC(C)OCCOCCC(=O)Nc1ccc(N)cc1. The molecular formula is C14H22N2O3. The second-order valence-corrected chi connectivity index (χ2v) is 4.45. The molecule has 1 aromatic rings. The lowest BCUT2D eigenvalue weighted by molar-refractivity contribution is -0.117. The van der Waals surface area contributed by atoms with E-state index >= 15 is 0 Å². The van der Waals surface area contributed by atoms with E-state index in [1.165, 1.54) is 0 Å². The minimum atomic E-state index is -0.0745. The number of carbonyl (C=O) groups is 1. The second kappa shape index (κ2) is 8.50. The summed E-state index contributed by atoms with van der Waals surface area (Å²) < 4.78 is 10.6. The second-order valence-electron chi connectivity index (χ2n) is 4.45. The van der Waals surface area contributed by atoms with Crippen LogP contribution in [0.2, 0.25) is 0 Å². The van der Waals surface area contributed by atoms with Crippen LogP contribution in [-0.4, -0.2) is 31.8 Å². The maximum absolute atomic E-state index is 11.6. The van der Waals surface area contributed by atoms with Gasteiger partial charge in [0.25, 0.3) is 0 Å². The van der Waals surface area contributed by atoms with Gasteiger partial charge in [-0.2, -0.15) is 0 Å². The Hall–Kier alpha value is -1.59. The zero-order chi connectivity index (χ0) is 14.1. The van der Waals surface area contributed by atoms with Crippen molar-refractivity contribution in [2.45, 2.75) is 26.4 Å². The lowest BCUT2D eigenvalue weighted by Crippen LogP contribution is -2.16. The van der Waals surface area contributed by atoms with Crippen molar-refractivity contribution >= 4 is 17.3 Å². The molecule has 0 radical (unpaired) electrons. The van der Waals surface area contributed by atoms with E-state index in [-0.39, 0.29) is 12.0 Å². The molecule has 0 unspecified atom stereocenters. The van der Waals surface area contributed by atoms with Crippen LogP contribution in [0.15, 0.2) is 24.3 Å². The molecule has 0 aliphatic heterocycles. The van der Waals surface area contributed by atoms with Crippen LogP contribution < -0.4 is 11.1 Å². The standard InChI is InChI=1S/C14H22N2O3/c1-11(2)19-10-9-18-8-7-14(17)16-13-5-3-12(15)4-6-13/h3-6,11H,7-10,15H2,1-2H3,(H,16,17). The number of nitrogen functional groups attached to an aromatic ring is 1. The average Bonchev–Trinajstić information content (AvgIpc) is 2.36. The molecule has 106 valence electrons. The normalized spacial score (nSPS) is 10.7. The smallest absolute Gasteiger partial charge is 0.226 e. The summed E-state index contributed by atoms with van der Waals surface area (Å²) in [5, 5.41) is 2.77. The monoisotopic (exact) mass is 266 g/mol. The first-order chi connectivity index (χ1) is 9.08. The molecule has 0 aliphatic carbocycles. The van der Waals surface area contributed by atoms with Crippen molar-refractivity contribution in [3.05, 3.63) is 24.3 Å². The zero-order valence-corrected chi connectivity index (χ0v) is 11.5. The number of carbonyl (C=O) groups excluding carboxylic acids is 1. The first-order valence-electron chi connectivity index (χ1n) is 6.42. The molecule has 5 heteroatoms. The highest BCUT2D eigenvalue weighted by atomic mass is 16.5. The number of rotatable bonds is 8. The van der Waals surface area contributed by atoms with Crippen LogP contribution in [0.1, 0.15) is 20.3 Å². The third kappa shape index (κ3) is 7.43. The molecule has 0 heterocycles. The van der Waals surface area contributed by atoms with E-state index in [0.717, 1.165) is 5.69 Å². The number of nitrogens with one attached hydrogen (secondary N) is 1.